The molecule has 2 heterocycles. The summed E-state index contributed by atoms with van der Waals surface area (Å²) in [6.45, 7) is 7.84. The Morgan fingerprint density at radius 3 is 2.15 bits per heavy atom. The van der Waals surface area contributed by atoms with Gasteiger partial charge in [0.25, 0.3) is 0 Å². The number of aryl methyl sites for hydroxylation is 2. The van der Waals surface area contributed by atoms with Crippen LogP contribution in [0.2, 0.25) is 0 Å². The van der Waals surface area contributed by atoms with Crippen LogP contribution in [0.4, 0.5) is 0 Å². The molecule has 3 rings (SSSR count). The quantitative estimate of drug-likeness (QED) is 0.0809. The predicted octanol–water partition coefficient (Wildman–Crippen LogP) is 8.23. The summed E-state index contributed by atoms with van der Waals surface area (Å²) in [5.74, 6) is 0.775. The molecule has 0 saturated carbocycles. The Kier molecular flexibility index (Phi) is 19.5. The zero-order valence-electron chi connectivity index (χ0n) is 25.6. The molecule has 1 saturated heterocycles. The van der Waals surface area contributed by atoms with E-state index >= 15 is 0 Å². The van der Waals surface area contributed by atoms with Crippen molar-refractivity contribution in [3.63, 3.8) is 0 Å². The van der Waals surface area contributed by atoms with Crippen molar-refractivity contribution in [3.8, 4) is 0 Å². The molecule has 41 heavy (non-hydrogen) atoms. The van der Waals surface area contributed by atoms with Gasteiger partial charge >= 0.3 is 0 Å². The van der Waals surface area contributed by atoms with Crippen LogP contribution in [0.1, 0.15) is 115 Å². The van der Waals surface area contributed by atoms with E-state index in [9.17, 15) is 13.0 Å². The Hall–Kier alpha value is -1.32. The van der Waals surface area contributed by atoms with Gasteiger partial charge in [-0.1, -0.05) is 113 Å². The van der Waals surface area contributed by atoms with Crippen LogP contribution in [-0.2, 0) is 26.1 Å². The van der Waals surface area contributed by atoms with Crippen molar-refractivity contribution in [2.24, 2.45) is 5.92 Å². The molecule has 1 aromatic heterocycles. The van der Waals surface area contributed by atoms with E-state index in [0.29, 0.717) is 6.10 Å². The molecule has 0 bridgehead atoms. The van der Waals surface area contributed by atoms with Crippen LogP contribution in [-0.4, -0.2) is 38.9 Å². The number of hydrogen-bond acceptors (Lipinski definition) is 6. The second-order valence-corrected chi connectivity index (χ2v) is 13.7. The second-order valence-electron chi connectivity index (χ2n) is 11.5. The molecule has 0 unspecified atom stereocenters. The minimum absolute atomic E-state index is 0.178. The van der Waals surface area contributed by atoms with E-state index in [1.165, 1.54) is 108 Å². The van der Waals surface area contributed by atoms with E-state index in [2.05, 4.69) is 28.6 Å². The smallest absolute Gasteiger partial charge is 0.224 e. The van der Waals surface area contributed by atoms with Gasteiger partial charge in [-0.2, -0.15) is 4.57 Å². The molecule has 2 atom stereocenters. The zero-order valence-corrected chi connectivity index (χ0v) is 27.3. The first kappa shape index (κ1) is 35.9. The first-order valence-electron chi connectivity index (χ1n) is 16.0. The standard InChI is InChI=1S/C26H48NO2S.C7H8O3S/c1-2-3-4-5-6-7-8-9-10-11-12-13-16-25-21-26(29-22-25)23-28-19-15-14-17-27-18-20-30-24-27;1-6-2-4-7(5-3-6)11(8,9)10/h18,20,24-26H,2-17,19,21-23H2,1H3;2-5H,1H3,(H,8,9,10)/q+1;/p-1/t25-,26+;/m1./s1. The summed E-state index contributed by atoms with van der Waals surface area (Å²) < 4.78 is 45.3. The van der Waals surface area contributed by atoms with Gasteiger partial charge in [0.2, 0.25) is 5.51 Å². The van der Waals surface area contributed by atoms with Crippen molar-refractivity contribution in [3.05, 3.63) is 46.9 Å². The van der Waals surface area contributed by atoms with Gasteiger partial charge in [-0.15, -0.1) is 0 Å². The Morgan fingerprint density at radius 1 is 0.927 bits per heavy atom. The monoisotopic (exact) mass is 609 g/mol. The van der Waals surface area contributed by atoms with Gasteiger partial charge < -0.3 is 14.0 Å². The van der Waals surface area contributed by atoms with Gasteiger partial charge in [0.15, 0.2) is 6.20 Å². The molecule has 0 aliphatic carbocycles. The van der Waals surface area contributed by atoms with Crippen molar-refractivity contribution >= 4 is 21.5 Å². The highest BCUT2D eigenvalue weighted by Gasteiger charge is 2.25. The molecule has 8 heteroatoms. The van der Waals surface area contributed by atoms with Gasteiger partial charge in [-0.3, -0.25) is 0 Å². The van der Waals surface area contributed by atoms with Crippen molar-refractivity contribution in [1.82, 2.24) is 0 Å². The van der Waals surface area contributed by atoms with Crippen LogP contribution in [0.25, 0.3) is 0 Å². The summed E-state index contributed by atoms with van der Waals surface area (Å²) in [5, 5.41) is 2.13. The number of benzene rings is 1. The number of thiazole rings is 1. The third-order valence-electron chi connectivity index (χ3n) is 7.73. The van der Waals surface area contributed by atoms with Crippen molar-refractivity contribution in [2.75, 3.05) is 19.8 Å². The summed E-state index contributed by atoms with van der Waals surface area (Å²) in [5.41, 5.74) is 3.10. The fraction of sp³-hybridized carbons (Fsp3) is 0.727. The minimum Gasteiger partial charge on any atom is -0.744 e. The van der Waals surface area contributed by atoms with Gasteiger partial charge in [0, 0.05) is 19.6 Å². The molecular weight excluding hydrogens is 554 g/mol. The molecule has 1 fully saturated rings. The van der Waals surface area contributed by atoms with Crippen LogP contribution in [0, 0.1) is 12.8 Å². The van der Waals surface area contributed by atoms with Gasteiger partial charge in [-0.25, -0.2) is 8.42 Å². The van der Waals surface area contributed by atoms with E-state index in [0.717, 1.165) is 44.3 Å². The maximum atomic E-state index is 10.4. The number of aromatic nitrogens is 1. The third-order valence-corrected chi connectivity index (χ3v) is 9.25. The molecule has 2 aromatic rings. The summed E-state index contributed by atoms with van der Waals surface area (Å²) in [7, 11) is -4.27. The lowest BCUT2D eigenvalue weighted by Gasteiger charge is -2.10. The minimum atomic E-state index is -4.27. The van der Waals surface area contributed by atoms with Crippen molar-refractivity contribution < 1.29 is 27.0 Å². The van der Waals surface area contributed by atoms with E-state index in [1.54, 1.807) is 23.5 Å². The summed E-state index contributed by atoms with van der Waals surface area (Å²) in [4.78, 5) is -0.178. The lowest BCUT2D eigenvalue weighted by Crippen LogP contribution is -2.29. The molecule has 6 nitrogen and oxygen atoms in total. The van der Waals surface area contributed by atoms with Gasteiger partial charge in [0.1, 0.15) is 16.7 Å². The molecule has 234 valence electrons. The SMILES string of the molecule is CCCCCCCCCCCCCC[C@H]1CO[C@H](COCCCC[n+]2ccsc2)C1.Cc1ccc(S(=O)(=O)[O-])cc1. The average molecular weight is 610 g/mol. The highest BCUT2D eigenvalue weighted by atomic mass is 32.2. The maximum absolute atomic E-state index is 10.4. The number of rotatable bonds is 21. The molecule has 0 spiro atoms. The highest BCUT2D eigenvalue weighted by Crippen LogP contribution is 2.25. The summed E-state index contributed by atoms with van der Waals surface area (Å²) in [6.07, 6.45) is 24.6. The molecule has 1 aromatic carbocycles. The first-order chi connectivity index (χ1) is 19.9. The summed E-state index contributed by atoms with van der Waals surface area (Å²) >= 11 is 1.75. The van der Waals surface area contributed by atoms with Crippen LogP contribution >= 0.6 is 11.3 Å². The molecule has 0 radical (unpaired) electrons. The van der Waals surface area contributed by atoms with E-state index in [4.69, 9.17) is 9.47 Å². The second kappa shape index (κ2) is 22.3. The normalized spacial score (nSPS) is 17.0. The molecule has 0 N–H and O–H groups in total. The van der Waals surface area contributed by atoms with Gasteiger partial charge in [-0.05, 0) is 44.2 Å². The van der Waals surface area contributed by atoms with Crippen LogP contribution in [0.3, 0.4) is 0 Å². The van der Waals surface area contributed by atoms with Crippen molar-refractivity contribution in [2.45, 2.75) is 134 Å². The summed E-state index contributed by atoms with van der Waals surface area (Å²) in [6, 6.07) is 5.78. The van der Waals surface area contributed by atoms with Crippen LogP contribution in [0.5, 0.6) is 0 Å². The Labute approximate surface area is 254 Å². The van der Waals surface area contributed by atoms with Crippen LogP contribution in [0.15, 0.2) is 46.2 Å². The lowest BCUT2D eigenvalue weighted by molar-refractivity contribution is -0.692. The molecule has 1 aliphatic heterocycles. The number of unbranched alkanes of at least 4 members (excludes halogenated alkanes) is 12. The van der Waals surface area contributed by atoms with E-state index in [1.807, 2.05) is 6.92 Å². The molecule has 0 amide bonds. The van der Waals surface area contributed by atoms with E-state index in [-0.39, 0.29) is 4.90 Å². The Morgan fingerprint density at radius 2 is 1.56 bits per heavy atom. The van der Waals surface area contributed by atoms with Crippen LogP contribution < -0.4 is 4.57 Å². The fourth-order valence-electron chi connectivity index (χ4n) is 5.18. The Balaban J connectivity index is 0.000000446. The number of ether oxygens (including phenoxy) is 2. The lowest BCUT2D eigenvalue weighted by atomic mass is 9.97. The highest BCUT2D eigenvalue weighted by molar-refractivity contribution is 7.85. The number of nitrogens with zero attached hydrogens (tertiary/aromatic N) is 1. The maximum Gasteiger partial charge on any atom is 0.224 e. The zero-order chi connectivity index (χ0) is 29.6. The number of hydrogen-bond donors (Lipinski definition) is 0. The third kappa shape index (κ3) is 18.1. The fourth-order valence-corrected chi connectivity index (χ4v) is 6.28. The first-order valence-corrected chi connectivity index (χ1v) is 18.4. The average Bonchev–Trinajstić information content (AvgIpc) is 3.64. The largest absolute Gasteiger partial charge is 0.744 e. The van der Waals surface area contributed by atoms with E-state index < -0.39 is 10.1 Å². The predicted molar refractivity (Wildman–Crippen MR) is 167 cm³/mol. The van der Waals surface area contributed by atoms with Gasteiger partial charge in [0.05, 0.1) is 23.0 Å². The Bertz CT molecular complexity index is 980. The molecule has 1 aliphatic rings. The topological polar surface area (TPSA) is 79.5 Å². The molecular formula is C33H55NO5S2. The van der Waals surface area contributed by atoms with Crippen molar-refractivity contribution in [1.29, 1.82) is 0 Å².